The van der Waals surface area contributed by atoms with Crippen molar-refractivity contribution in [1.29, 1.82) is 0 Å². The first-order valence-corrected chi connectivity index (χ1v) is 9.46. The third-order valence-corrected chi connectivity index (χ3v) is 5.23. The molecule has 0 unspecified atom stereocenters. The molecule has 2 aromatic heterocycles. The molecule has 0 aliphatic carbocycles. The Balaban J connectivity index is 0.00000210. The number of imidazole rings is 1. The summed E-state index contributed by atoms with van der Waals surface area (Å²) >= 11 is 1.67. The van der Waals surface area contributed by atoms with Gasteiger partial charge in [-0.05, 0) is 5.56 Å². The van der Waals surface area contributed by atoms with Crippen LogP contribution in [0.5, 0.6) is 0 Å². The summed E-state index contributed by atoms with van der Waals surface area (Å²) in [6, 6.07) is 10.1. The van der Waals surface area contributed by atoms with Gasteiger partial charge in [0.05, 0.1) is 11.9 Å². The van der Waals surface area contributed by atoms with Crippen LogP contribution in [0.2, 0.25) is 0 Å². The molecule has 1 aliphatic heterocycles. The fraction of sp³-hybridized carbons (Fsp3) is 0.278. The van der Waals surface area contributed by atoms with Gasteiger partial charge in [0.2, 0.25) is 0 Å². The number of nitrogens with zero attached hydrogens (tertiary/aromatic N) is 5. The Labute approximate surface area is 179 Å². The predicted octanol–water partition coefficient (Wildman–Crippen LogP) is 2.79. The van der Waals surface area contributed by atoms with E-state index in [9.17, 15) is 0 Å². The highest BCUT2D eigenvalue weighted by Gasteiger charge is 2.19. The second kappa shape index (κ2) is 9.18. The number of halogens is 1. The highest BCUT2D eigenvalue weighted by molar-refractivity contribution is 14.0. The first-order valence-electron chi connectivity index (χ1n) is 8.58. The monoisotopic (exact) mass is 495 g/mol. The van der Waals surface area contributed by atoms with E-state index < -0.39 is 0 Å². The normalized spacial score (nSPS) is 14.9. The van der Waals surface area contributed by atoms with Crippen molar-refractivity contribution in [3.63, 3.8) is 0 Å². The Bertz CT molecular complexity index is 855. The lowest BCUT2D eigenvalue weighted by atomic mass is 10.2. The molecule has 1 saturated heterocycles. The minimum absolute atomic E-state index is 0. The Morgan fingerprint density at radius 1 is 1.15 bits per heavy atom. The van der Waals surface area contributed by atoms with Crippen molar-refractivity contribution in [3.05, 3.63) is 53.9 Å². The van der Waals surface area contributed by atoms with Crippen LogP contribution in [0.1, 0.15) is 5.82 Å². The number of hydrogen-bond acceptors (Lipinski definition) is 5. The summed E-state index contributed by atoms with van der Waals surface area (Å²) in [7, 11) is 0. The molecular formula is C18H22IN7S. The highest BCUT2D eigenvalue weighted by atomic mass is 127. The van der Waals surface area contributed by atoms with Crippen molar-refractivity contribution in [3.8, 4) is 11.3 Å². The number of nitrogens with one attached hydrogen (secondary N) is 1. The van der Waals surface area contributed by atoms with Crippen LogP contribution in [0.4, 0.5) is 5.13 Å². The maximum absolute atomic E-state index is 6.18. The molecule has 0 bridgehead atoms. The summed E-state index contributed by atoms with van der Waals surface area (Å²) in [6.07, 6.45) is 3.68. The molecule has 9 heteroatoms. The number of thiazole rings is 1. The average molecular weight is 495 g/mol. The van der Waals surface area contributed by atoms with Gasteiger partial charge in [-0.1, -0.05) is 30.3 Å². The lowest BCUT2D eigenvalue weighted by Gasteiger charge is -2.35. The summed E-state index contributed by atoms with van der Waals surface area (Å²) < 4.78 is 0. The summed E-state index contributed by atoms with van der Waals surface area (Å²) in [5.74, 6) is 1.38. The Hall–Kier alpha value is -2.14. The number of benzene rings is 1. The first kappa shape index (κ1) is 19.6. The summed E-state index contributed by atoms with van der Waals surface area (Å²) in [6.45, 7) is 3.96. The van der Waals surface area contributed by atoms with Crippen LogP contribution >= 0.6 is 35.3 Å². The number of aromatic amines is 1. The van der Waals surface area contributed by atoms with E-state index in [0.717, 1.165) is 48.4 Å². The topological polar surface area (TPSA) is 86.4 Å². The van der Waals surface area contributed by atoms with Crippen LogP contribution in [-0.4, -0.2) is 52.0 Å². The summed E-state index contributed by atoms with van der Waals surface area (Å²) in [4.78, 5) is 21.0. The van der Waals surface area contributed by atoms with E-state index in [0.29, 0.717) is 12.5 Å². The molecule has 4 rings (SSSR count). The first-order chi connectivity index (χ1) is 12.8. The van der Waals surface area contributed by atoms with Crippen molar-refractivity contribution in [1.82, 2.24) is 19.9 Å². The van der Waals surface area contributed by atoms with Gasteiger partial charge in [0.15, 0.2) is 11.1 Å². The molecule has 27 heavy (non-hydrogen) atoms. The van der Waals surface area contributed by atoms with E-state index in [-0.39, 0.29) is 24.0 Å². The standard InChI is InChI=1S/C18H21N7S.HI/c19-17(24-7-9-25(10-8-24)18-20-6-11-26-18)22-13-16-21-12-15(23-16)14-4-2-1-3-5-14;/h1-6,11-12H,7-10,13H2,(H2,19,22)(H,21,23);1H. The maximum Gasteiger partial charge on any atom is 0.191 e. The molecule has 3 heterocycles. The molecular weight excluding hydrogens is 473 g/mol. The molecule has 0 radical (unpaired) electrons. The zero-order valence-corrected chi connectivity index (χ0v) is 17.9. The second-order valence-electron chi connectivity index (χ2n) is 6.07. The largest absolute Gasteiger partial charge is 0.370 e. The minimum atomic E-state index is 0. The van der Waals surface area contributed by atoms with Crippen molar-refractivity contribution < 1.29 is 0 Å². The van der Waals surface area contributed by atoms with Gasteiger partial charge in [0.1, 0.15) is 12.4 Å². The van der Waals surface area contributed by atoms with E-state index in [1.54, 1.807) is 11.3 Å². The number of aromatic nitrogens is 3. The molecule has 7 nitrogen and oxygen atoms in total. The average Bonchev–Trinajstić information content (AvgIpc) is 3.39. The van der Waals surface area contributed by atoms with E-state index in [2.05, 4.69) is 41.9 Å². The van der Waals surface area contributed by atoms with E-state index in [1.165, 1.54) is 0 Å². The van der Waals surface area contributed by atoms with Crippen molar-refractivity contribution in [2.24, 2.45) is 10.7 Å². The minimum Gasteiger partial charge on any atom is -0.370 e. The van der Waals surface area contributed by atoms with Gasteiger partial charge < -0.3 is 20.5 Å². The van der Waals surface area contributed by atoms with Crippen LogP contribution < -0.4 is 10.6 Å². The smallest absolute Gasteiger partial charge is 0.191 e. The zero-order valence-electron chi connectivity index (χ0n) is 14.8. The molecule has 3 N–H and O–H groups in total. The maximum atomic E-state index is 6.18. The number of nitrogens with two attached hydrogens (primary N) is 1. The van der Waals surface area contributed by atoms with Gasteiger partial charge >= 0.3 is 0 Å². The van der Waals surface area contributed by atoms with Crippen LogP contribution in [0.15, 0.2) is 53.1 Å². The number of aliphatic imine (C=N–C) groups is 1. The number of H-pyrrole nitrogens is 1. The van der Waals surface area contributed by atoms with Gasteiger partial charge in [0.25, 0.3) is 0 Å². The molecule has 1 fully saturated rings. The Morgan fingerprint density at radius 2 is 1.93 bits per heavy atom. The van der Waals surface area contributed by atoms with Crippen molar-refractivity contribution >= 4 is 46.4 Å². The van der Waals surface area contributed by atoms with E-state index in [1.807, 2.05) is 36.0 Å². The van der Waals surface area contributed by atoms with Crippen LogP contribution in [0, 0.1) is 0 Å². The summed E-state index contributed by atoms with van der Waals surface area (Å²) in [5.41, 5.74) is 8.29. The molecule has 3 aromatic rings. The summed E-state index contributed by atoms with van der Waals surface area (Å²) in [5, 5.41) is 3.08. The van der Waals surface area contributed by atoms with E-state index >= 15 is 0 Å². The molecule has 1 aliphatic rings. The van der Waals surface area contributed by atoms with Gasteiger partial charge in [-0.15, -0.1) is 35.3 Å². The van der Waals surface area contributed by atoms with Gasteiger partial charge in [-0.3, -0.25) is 0 Å². The lowest BCUT2D eigenvalue weighted by molar-refractivity contribution is 0.380. The number of hydrogen-bond donors (Lipinski definition) is 2. The molecule has 0 amide bonds. The van der Waals surface area contributed by atoms with Crippen LogP contribution in [0.3, 0.4) is 0 Å². The molecule has 0 spiro atoms. The Kier molecular flexibility index (Phi) is 6.67. The lowest BCUT2D eigenvalue weighted by Crippen LogP contribution is -2.51. The van der Waals surface area contributed by atoms with Gasteiger partial charge in [-0.25, -0.2) is 15.0 Å². The van der Waals surface area contributed by atoms with Crippen LogP contribution in [0.25, 0.3) is 11.3 Å². The van der Waals surface area contributed by atoms with Gasteiger partial charge in [0, 0.05) is 37.8 Å². The third-order valence-electron chi connectivity index (χ3n) is 4.40. The fourth-order valence-corrected chi connectivity index (χ4v) is 3.66. The number of guanidine groups is 1. The van der Waals surface area contributed by atoms with Gasteiger partial charge in [-0.2, -0.15) is 0 Å². The SMILES string of the molecule is I.NC(=NCc1ncc(-c2ccccc2)[nH]1)N1CCN(c2nccs2)CC1. The molecule has 1 aromatic carbocycles. The number of piperazine rings is 1. The fourth-order valence-electron chi connectivity index (χ4n) is 2.96. The predicted molar refractivity (Wildman–Crippen MR) is 121 cm³/mol. The van der Waals surface area contributed by atoms with Crippen LogP contribution in [-0.2, 0) is 6.54 Å². The quantitative estimate of drug-likeness (QED) is 0.330. The Morgan fingerprint density at radius 3 is 2.63 bits per heavy atom. The molecule has 0 saturated carbocycles. The third kappa shape index (κ3) is 4.78. The highest BCUT2D eigenvalue weighted by Crippen LogP contribution is 2.19. The second-order valence-corrected chi connectivity index (χ2v) is 6.95. The van der Waals surface area contributed by atoms with Crippen molar-refractivity contribution in [2.45, 2.75) is 6.54 Å². The number of rotatable bonds is 4. The zero-order chi connectivity index (χ0) is 17.8. The molecule has 0 atom stereocenters. The number of anilines is 1. The molecule has 142 valence electrons. The van der Waals surface area contributed by atoms with Crippen molar-refractivity contribution in [2.75, 3.05) is 31.1 Å². The van der Waals surface area contributed by atoms with E-state index in [4.69, 9.17) is 5.73 Å².